The van der Waals surface area contributed by atoms with Crippen molar-refractivity contribution < 1.29 is 0 Å². The highest BCUT2D eigenvalue weighted by atomic mass is 35.5. The molecular formula is C21H23Cl3N2. The topological polar surface area (TPSA) is 15.6 Å². The van der Waals surface area contributed by atoms with Crippen molar-refractivity contribution in [3.63, 3.8) is 0 Å². The van der Waals surface area contributed by atoms with Crippen LogP contribution in [-0.4, -0.2) is 18.3 Å². The van der Waals surface area contributed by atoms with Crippen LogP contribution < -0.4 is 4.90 Å². The molecule has 138 valence electrons. The Labute approximate surface area is 170 Å². The van der Waals surface area contributed by atoms with E-state index in [1.165, 1.54) is 11.3 Å². The maximum atomic E-state index is 6.58. The van der Waals surface area contributed by atoms with Gasteiger partial charge in [0, 0.05) is 34.6 Å². The fourth-order valence-corrected chi connectivity index (χ4v) is 4.61. The zero-order chi connectivity index (χ0) is 19.1. The highest BCUT2D eigenvalue weighted by Crippen LogP contribution is 2.44. The van der Waals surface area contributed by atoms with Crippen molar-refractivity contribution in [2.24, 2.45) is 4.99 Å². The summed E-state index contributed by atoms with van der Waals surface area (Å²) in [5.41, 5.74) is 4.24. The SMILES string of the molecule is CCN1c2cc(Cl)c(C=Nc3ccc(Cl)cc3Cl)cc2C(C)CC1(C)C. The van der Waals surface area contributed by atoms with E-state index in [0.717, 1.165) is 18.5 Å². The number of hydrogen-bond acceptors (Lipinski definition) is 2. The van der Waals surface area contributed by atoms with Crippen molar-refractivity contribution in [3.05, 3.63) is 56.5 Å². The summed E-state index contributed by atoms with van der Waals surface area (Å²) in [6, 6.07) is 9.50. The molecule has 5 heteroatoms. The predicted molar refractivity (Wildman–Crippen MR) is 115 cm³/mol. The zero-order valence-electron chi connectivity index (χ0n) is 15.5. The summed E-state index contributed by atoms with van der Waals surface area (Å²) in [7, 11) is 0. The highest BCUT2D eigenvalue weighted by molar-refractivity contribution is 6.36. The lowest BCUT2D eigenvalue weighted by Gasteiger charge is -2.47. The lowest BCUT2D eigenvalue weighted by Crippen LogP contribution is -2.48. The number of hydrogen-bond donors (Lipinski definition) is 0. The second kappa shape index (κ2) is 7.42. The van der Waals surface area contributed by atoms with Crippen LogP contribution in [0.25, 0.3) is 0 Å². The van der Waals surface area contributed by atoms with Crippen LogP contribution in [0.4, 0.5) is 11.4 Å². The van der Waals surface area contributed by atoms with Gasteiger partial charge in [0.1, 0.15) is 0 Å². The quantitative estimate of drug-likeness (QED) is 0.479. The average molecular weight is 410 g/mol. The Morgan fingerprint density at radius 2 is 1.88 bits per heavy atom. The summed E-state index contributed by atoms with van der Waals surface area (Å²) < 4.78 is 0. The molecule has 1 aliphatic rings. The van der Waals surface area contributed by atoms with Crippen molar-refractivity contribution >= 4 is 52.4 Å². The molecule has 0 radical (unpaired) electrons. The minimum atomic E-state index is 0.122. The summed E-state index contributed by atoms with van der Waals surface area (Å²) in [4.78, 5) is 6.94. The Hall–Kier alpha value is -1.22. The minimum absolute atomic E-state index is 0.122. The van der Waals surface area contributed by atoms with E-state index in [0.29, 0.717) is 26.7 Å². The van der Waals surface area contributed by atoms with Crippen LogP contribution in [0.2, 0.25) is 15.1 Å². The van der Waals surface area contributed by atoms with E-state index in [9.17, 15) is 0 Å². The molecule has 3 rings (SSSR count). The Balaban J connectivity index is 2.01. The fourth-order valence-electron chi connectivity index (χ4n) is 3.94. The molecule has 0 saturated carbocycles. The van der Waals surface area contributed by atoms with E-state index in [-0.39, 0.29) is 5.54 Å². The van der Waals surface area contributed by atoms with Crippen LogP contribution in [0, 0.1) is 0 Å². The number of halogens is 3. The Kier molecular flexibility index (Phi) is 5.58. The van der Waals surface area contributed by atoms with Crippen molar-refractivity contribution in [3.8, 4) is 0 Å². The third kappa shape index (κ3) is 3.74. The van der Waals surface area contributed by atoms with E-state index in [2.05, 4.69) is 49.7 Å². The molecule has 0 aliphatic carbocycles. The van der Waals surface area contributed by atoms with Gasteiger partial charge in [0.25, 0.3) is 0 Å². The molecule has 1 atom stereocenters. The summed E-state index contributed by atoms with van der Waals surface area (Å²) in [5, 5.41) is 1.81. The molecule has 0 spiro atoms. The van der Waals surface area contributed by atoms with Crippen LogP contribution >= 0.6 is 34.8 Å². The second-order valence-electron chi connectivity index (χ2n) is 7.45. The molecule has 26 heavy (non-hydrogen) atoms. The van der Waals surface area contributed by atoms with Gasteiger partial charge in [-0.25, -0.2) is 0 Å². The monoisotopic (exact) mass is 408 g/mol. The molecule has 2 aromatic carbocycles. The van der Waals surface area contributed by atoms with E-state index in [1.807, 2.05) is 0 Å². The zero-order valence-corrected chi connectivity index (χ0v) is 17.8. The maximum Gasteiger partial charge on any atom is 0.0817 e. The lowest BCUT2D eigenvalue weighted by atomic mass is 9.79. The summed E-state index contributed by atoms with van der Waals surface area (Å²) in [6.07, 6.45) is 2.88. The standard InChI is InChI=1S/C21H23Cl3N2/c1-5-26-20-10-17(23)14(8-16(20)13(2)11-21(26,3)4)12-25-19-7-6-15(22)9-18(19)24/h6-10,12-13H,5,11H2,1-4H3. The Bertz CT molecular complexity index is 859. The van der Waals surface area contributed by atoms with Gasteiger partial charge in [-0.2, -0.15) is 0 Å². The lowest BCUT2D eigenvalue weighted by molar-refractivity contribution is 0.381. The van der Waals surface area contributed by atoms with Gasteiger partial charge in [-0.15, -0.1) is 0 Å². The molecule has 1 unspecified atom stereocenters. The first-order valence-corrected chi connectivity index (χ1v) is 9.96. The van der Waals surface area contributed by atoms with Crippen LogP contribution in [0.1, 0.15) is 51.2 Å². The van der Waals surface area contributed by atoms with Crippen LogP contribution in [0.3, 0.4) is 0 Å². The van der Waals surface area contributed by atoms with E-state index in [4.69, 9.17) is 34.8 Å². The number of rotatable bonds is 3. The van der Waals surface area contributed by atoms with Crippen molar-refractivity contribution in [1.82, 2.24) is 0 Å². The van der Waals surface area contributed by atoms with Crippen LogP contribution in [-0.2, 0) is 0 Å². The molecular weight excluding hydrogens is 387 g/mol. The summed E-state index contributed by atoms with van der Waals surface area (Å²) in [6.45, 7) is 10.0. The molecule has 0 amide bonds. The molecule has 0 fully saturated rings. The van der Waals surface area contributed by atoms with E-state index >= 15 is 0 Å². The number of benzene rings is 2. The maximum absolute atomic E-state index is 6.58. The molecule has 2 nitrogen and oxygen atoms in total. The average Bonchev–Trinajstić information content (AvgIpc) is 2.54. The molecule has 1 heterocycles. The molecule has 0 N–H and O–H groups in total. The van der Waals surface area contributed by atoms with Gasteiger partial charge in [-0.1, -0.05) is 41.7 Å². The largest absolute Gasteiger partial charge is 0.366 e. The smallest absolute Gasteiger partial charge is 0.0817 e. The van der Waals surface area contributed by atoms with Crippen LogP contribution in [0.15, 0.2) is 35.3 Å². The first kappa shape index (κ1) is 19.5. The molecule has 0 aromatic heterocycles. The number of anilines is 1. The van der Waals surface area contributed by atoms with Crippen molar-refractivity contribution in [1.29, 1.82) is 0 Å². The van der Waals surface area contributed by atoms with Gasteiger partial charge in [-0.3, -0.25) is 4.99 Å². The fraction of sp³-hybridized carbons (Fsp3) is 0.381. The first-order chi connectivity index (χ1) is 12.2. The van der Waals surface area contributed by atoms with Gasteiger partial charge in [0.05, 0.1) is 15.7 Å². The van der Waals surface area contributed by atoms with Gasteiger partial charge < -0.3 is 4.90 Å². The first-order valence-electron chi connectivity index (χ1n) is 8.83. The third-order valence-corrected chi connectivity index (χ3v) is 5.94. The molecule has 1 aliphatic heterocycles. The Morgan fingerprint density at radius 1 is 1.15 bits per heavy atom. The van der Waals surface area contributed by atoms with E-state index in [1.54, 1.807) is 24.4 Å². The van der Waals surface area contributed by atoms with Crippen molar-refractivity contribution in [2.45, 2.75) is 45.6 Å². The molecule has 2 aromatic rings. The summed E-state index contributed by atoms with van der Waals surface area (Å²) >= 11 is 18.7. The number of fused-ring (bicyclic) bond motifs is 1. The Morgan fingerprint density at radius 3 is 2.54 bits per heavy atom. The van der Waals surface area contributed by atoms with Crippen molar-refractivity contribution in [2.75, 3.05) is 11.4 Å². The van der Waals surface area contributed by atoms with Gasteiger partial charge >= 0.3 is 0 Å². The van der Waals surface area contributed by atoms with Gasteiger partial charge in [0.15, 0.2) is 0 Å². The number of nitrogens with zero attached hydrogens (tertiary/aromatic N) is 2. The molecule has 0 bridgehead atoms. The molecule has 0 saturated heterocycles. The predicted octanol–water partition coefficient (Wildman–Crippen LogP) is 7.51. The van der Waals surface area contributed by atoms with Crippen LogP contribution in [0.5, 0.6) is 0 Å². The van der Waals surface area contributed by atoms with Gasteiger partial charge in [-0.05, 0) is 69.0 Å². The number of aliphatic imine (C=N–C) groups is 1. The second-order valence-corrected chi connectivity index (χ2v) is 8.70. The third-order valence-electron chi connectivity index (χ3n) is 5.07. The minimum Gasteiger partial charge on any atom is -0.366 e. The van der Waals surface area contributed by atoms with Gasteiger partial charge in [0.2, 0.25) is 0 Å². The highest BCUT2D eigenvalue weighted by Gasteiger charge is 2.35. The van der Waals surface area contributed by atoms with E-state index < -0.39 is 0 Å². The normalized spacial score (nSPS) is 19.0. The summed E-state index contributed by atoms with van der Waals surface area (Å²) in [5.74, 6) is 0.464.